The molecule has 88 valence electrons. The number of hydrogen-bond acceptors (Lipinski definition) is 3. The molecule has 0 radical (unpaired) electrons. The summed E-state index contributed by atoms with van der Waals surface area (Å²) >= 11 is 0. The van der Waals surface area contributed by atoms with Gasteiger partial charge < -0.3 is 15.7 Å². The number of carbonyl (C=O) groups is 1. The van der Waals surface area contributed by atoms with Crippen LogP contribution in [0.1, 0.15) is 0 Å². The van der Waals surface area contributed by atoms with Crippen LogP contribution in [0.5, 0.6) is 0 Å². The number of alkyl halides is 3. The van der Waals surface area contributed by atoms with E-state index in [0.717, 1.165) is 4.90 Å². The Morgan fingerprint density at radius 2 is 2.07 bits per heavy atom. The summed E-state index contributed by atoms with van der Waals surface area (Å²) in [6.45, 7) is -1.34. The lowest BCUT2D eigenvalue weighted by Gasteiger charge is -2.18. The van der Waals surface area contributed by atoms with E-state index in [1.807, 2.05) is 0 Å². The van der Waals surface area contributed by atoms with Crippen molar-refractivity contribution in [2.45, 2.75) is 6.18 Å². The van der Waals surface area contributed by atoms with Gasteiger partial charge in [-0.15, -0.1) is 0 Å². The van der Waals surface area contributed by atoms with Crippen LogP contribution in [0.25, 0.3) is 0 Å². The average molecular weight is 226 g/mol. The van der Waals surface area contributed by atoms with Crippen molar-refractivity contribution in [1.29, 1.82) is 0 Å². The maximum Gasteiger partial charge on any atom is 0.393 e. The van der Waals surface area contributed by atoms with E-state index in [9.17, 15) is 18.0 Å². The van der Waals surface area contributed by atoms with Crippen LogP contribution in [0.15, 0.2) is 0 Å². The van der Waals surface area contributed by atoms with Gasteiger partial charge in [0.1, 0.15) is 0 Å². The number of nitrogens with two attached hydrogens (primary N) is 1. The Morgan fingerprint density at radius 3 is 2.40 bits per heavy atom. The third-order valence-electron chi connectivity index (χ3n) is 2.62. The van der Waals surface area contributed by atoms with Crippen molar-refractivity contribution in [1.82, 2.24) is 4.90 Å². The fourth-order valence-electron chi connectivity index (χ4n) is 1.76. The predicted octanol–water partition coefficient (Wildman–Crippen LogP) is -0.426. The van der Waals surface area contributed by atoms with Gasteiger partial charge in [0.05, 0.1) is 12.5 Å². The van der Waals surface area contributed by atoms with Gasteiger partial charge in [0.15, 0.2) is 0 Å². The van der Waals surface area contributed by atoms with E-state index in [1.165, 1.54) is 0 Å². The Hall–Kier alpha value is -0.820. The number of carbonyl (C=O) groups excluding carboxylic acids is 1. The van der Waals surface area contributed by atoms with E-state index in [4.69, 9.17) is 10.8 Å². The lowest BCUT2D eigenvalue weighted by Crippen LogP contribution is -2.35. The first-order valence-corrected chi connectivity index (χ1v) is 4.55. The number of hydrogen-bond donors (Lipinski definition) is 2. The average Bonchev–Trinajstić information content (AvgIpc) is 2.59. The zero-order valence-electron chi connectivity index (χ0n) is 8.00. The summed E-state index contributed by atoms with van der Waals surface area (Å²) in [6.07, 6.45) is -4.38. The number of rotatable bonds is 2. The Balaban J connectivity index is 2.71. The Labute approximate surface area is 84.8 Å². The smallest absolute Gasteiger partial charge is 0.393 e. The molecule has 2 atom stereocenters. The highest BCUT2D eigenvalue weighted by Crippen LogP contribution is 2.37. The lowest BCUT2D eigenvalue weighted by molar-refractivity contribution is -0.183. The van der Waals surface area contributed by atoms with Gasteiger partial charge in [-0.25, -0.2) is 0 Å². The van der Waals surface area contributed by atoms with Crippen LogP contribution in [-0.2, 0) is 4.79 Å². The summed E-state index contributed by atoms with van der Waals surface area (Å²) in [7, 11) is 0. The first kappa shape index (κ1) is 12.3. The molecular weight excluding hydrogens is 213 g/mol. The van der Waals surface area contributed by atoms with E-state index in [-0.39, 0.29) is 13.1 Å². The van der Waals surface area contributed by atoms with Gasteiger partial charge in [-0.1, -0.05) is 0 Å². The van der Waals surface area contributed by atoms with E-state index in [0.29, 0.717) is 0 Å². The number of amides is 1. The zero-order chi connectivity index (χ0) is 11.6. The summed E-state index contributed by atoms with van der Waals surface area (Å²) in [4.78, 5) is 12.2. The molecule has 0 aromatic heterocycles. The molecule has 1 aliphatic heterocycles. The largest absolute Gasteiger partial charge is 0.396 e. The molecule has 0 saturated carbocycles. The van der Waals surface area contributed by atoms with Gasteiger partial charge >= 0.3 is 6.18 Å². The lowest BCUT2D eigenvalue weighted by atomic mass is 9.97. The molecule has 1 aliphatic rings. The highest BCUT2D eigenvalue weighted by molar-refractivity contribution is 5.78. The molecule has 2 unspecified atom stereocenters. The van der Waals surface area contributed by atoms with Crippen LogP contribution in [0, 0.1) is 11.8 Å². The van der Waals surface area contributed by atoms with Crippen LogP contribution in [0.3, 0.4) is 0 Å². The number of nitrogens with zero attached hydrogens (tertiary/aromatic N) is 1. The van der Waals surface area contributed by atoms with Gasteiger partial charge in [0.2, 0.25) is 5.91 Å². The van der Waals surface area contributed by atoms with Gasteiger partial charge in [-0.3, -0.25) is 4.79 Å². The third kappa shape index (κ3) is 2.60. The molecule has 0 spiro atoms. The molecule has 0 bridgehead atoms. The maximum absolute atomic E-state index is 12.5. The van der Waals surface area contributed by atoms with Crippen molar-refractivity contribution in [3.8, 4) is 0 Å². The molecular formula is C8H13F3N2O2. The second kappa shape index (κ2) is 4.36. The minimum atomic E-state index is -4.38. The molecule has 1 heterocycles. The summed E-state index contributed by atoms with van der Waals surface area (Å²) in [5, 5.41) is 8.80. The first-order valence-electron chi connectivity index (χ1n) is 4.55. The molecule has 0 aromatic rings. The molecule has 1 rings (SSSR count). The fourth-order valence-corrected chi connectivity index (χ4v) is 1.76. The van der Waals surface area contributed by atoms with Crippen molar-refractivity contribution in [2.24, 2.45) is 17.6 Å². The van der Waals surface area contributed by atoms with E-state index >= 15 is 0 Å². The SMILES string of the molecule is NCC(=O)N1CC(CO)C(C(F)(F)F)C1. The normalized spacial score (nSPS) is 27.1. The maximum atomic E-state index is 12.5. The van der Waals surface area contributed by atoms with Crippen LogP contribution < -0.4 is 5.73 Å². The summed E-state index contributed by atoms with van der Waals surface area (Å²) in [6, 6.07) is 0. The summed E-state index contributed by atoms with van der Waals surface area (Å²) < 4.78 is 37.4. The Morgan fingerprint density at radius 1 is 1.47 bits per heavy atom. The Bertz CT molecular complexity index is 245. The molecule has 1 amide bonds. The summed E-state index contributed by atoms with van der Waals surface area (Å²) in [5.41, 5.74) is 5.06. The van der Waals surface area contributed by atoms with Crippen molar-refractivity contribution in [3.05, 3.63) is 0 Å². The molecule has 0 aliphatic carbocycles. The van der Waals surface area contributed by atoms with Crippen LogP contribution >= 0.6 is 0 Å². The second-order valence-electron chi connectivity index (χ2n) is 3.59. The minimum absolute atomic E-state index is 0.0727. The molecule has 3 N–H and O–H groups in total. The van der Waals surface area contributed by atoms with Gasteiger partial charge in [0.25, 0.3) is 0 Å². The number of halogens is 3. The van der Waals surface area contributed by atoms with Crippen molar-refractivity contribution in [2.75, 3.05) is 26.2 Å². The third-order valence-corrected chi connectivity index (χ3v) is 2.62. The predicted molar refractivity (Wildman–Crippen MR) is 45.8 cm³/mol. The van der Waals surface area contributed by atoms with Gasteiger partial charge in [0, 0.05) is 25.6 Å². The molecule has 1 fully saturated rings. The van der Waals surface area contributed by atoms with E-state index < -0.39 is 37.1 Å². The van der Waals surface area contributed by atoms with Crippen molar-refractivity contribution < 1.29 is 23.1 Å². The van der Waals surface area contributed by atoms with Crippen LogP contribution in [-0.4, -0.2) is 48.3 Å². The Kier molecular flexibility index (Phi) is 3.56. The van der Waals surface area contributed by atoms with Crippen LogP contribution in [0.4, 0.5) is 13.2 Å². The number of likely N-dealkylation sites (tertiary alicyclic amines) is 1. The minimum Gasteiger partial charge on any atom is -0.396 e. The first-order chi connectivity index (χ1) is 6.90. The molecule has 15 heavy (non-hydrogen) atoms. The van der Waals surface area contributed by atoms with E-state index in [1.54, 1.807) is 0 Å². The zero-order valence-corrected chi connectivity index (χ0v) is 8.00. The van der Waals surface area contributed by atoms with E-state index in [2.05, 4.69) is 0 Å². The van der Waals surface area contributed by atoms with Crippen molar-refractivity contribution in [3.63, 3.8) is 0 Å². The monoisotopic (exact) mass is 226 g/mol. The molecule has 4 nitrogen and oxygen atoms in total. The summed E-state index contributed by atoms with van der Waals surface area (Å²) in [5.74, 6) is -3.08. The second-order valence-corrected chi connectivity index (χ2v) is 3.59. The molecule has 7 heteroatoms. The standard InChI is InChI=1S/C8H13F3N2O2/c9-8(10,11)6-3-13(7(15)1-12)2-5(6)4-14/h5-6,14H,1-4,12H2. The van der Waals surface area contributed by atoms with Crippen molar-refractivity contribution >= 4 is 5.91 Å². The van der Waals surface area contributed by atoms with Crippen LogP contribution in [0.2, 0.25) is 0 Å². The quantitative estimate of drug-likeness (QED) is 0.671. The topological polar surface area (TPSA) is 66.6 Å². The number of aliphatic hydroxyl groups excluding tert-OH is 1. The highest BCUT2D eigenvalue weighted by Gasteiger charge is 2.50. The fraction of sp³-hybridized carbons (Fsp3) is 0.875. The number of aliphatic hydroxyl groups is 1. The molecule has 0 aromatic carbocycles. The highest BCUT2D eigenvalue weighted by atomic mass is 19.4. The van der Waals surface area contributed by atoms with Gasteiger partial charge in [-0.05, 0) is 0 Å². The van der Waals surface area contributed by atoms with Gasteiger partial charge in [-0.2, -0.15) is 13.2 Å². The molecule has 1 saturated heterocycles.